The molecule has 0 saturated heterocycles. The molecule has 20 heavy (non-hydrogen) atoms. The van der Waals surface area contributed by atoms with Crippen molar-refractivity contribution < 1.29 is 9.13 Å². The number of aryl methyl sites for hydroxylation is 1. The summed E-state index contributed by atoms with van der Waals surface area (Å²) in [5, 5.41) is 3.59. The summed E-state index contributed by atoms with van der Waals surface area (Å²) in [6.07, 6.45) is 0. The van der Waals surface area contributed by atoms with E-state index >= 15 is 0 Å². The van der Waals surface area contributed by atoms with Gasteiger partial charge in [0, 0.05) is 17.2 Å². The van der Waals surface area contributed by atoms with Gasteiger partial charge in [0.25, 0.3) is 0 Å². The molecule has 0 aliphatic carbocycles. The molecule has 0 atom stereocenters. The third-order valence-electron chi connectivity index (χ3n) is 2.84. The Morgan fingerprint density at radius 2 is 1.80 bits per heavy atom. The number of rotatable bonds is 3. The first-order valence-electron chi connectivity index (χ1n) is 5.78. The fourth-order valence-electron chi connectivity index (χ4n) is 1.75. The lowest BCUT2D eigenvalue weighted by atomic mass is 10.2. The summed E-state index contributed by atoms with van der Waals surface area (Å²) in [6, 6.07) is 6.07. The third-order valence-corrected chi connectivity index (χ3v) is 3.54. The van der Waals surface area contributed by atoms with Crippen molar-refractivity contribution in [2.75, 3.05) is 18.2 Å². The zero-order valence-electron chi connectivity index (χ0n) is 10.9. The number of ether oxygens (including phenoxy) is 1. The predicted octanol–water partition coefficient (Wildman–Crippen LogP) is 4.78. The molecule has 0 spiro atoms. The molecule has 0 fully saturated rings. The topological polar surface area (TPSA) is 47.3 Å². The Labute approximate surface area is 126 Å². The largest absolute Gasteiger partial charge is 0.495 e. The summed E-state index contributed by atoms with van der Waals surface area (Å²) in [4.78, 5) is 0. The van der Waals surface area contributed by atoms with Gasteiger partial charge in [-0.05, 0) is 24.6 Å². The van der Waals surface area contributed by atoms with Crippen LogP contribution in [0.25, 0.3) is 0 Å². The molecule has 0 bridgehead atoms. The van der Waals surface area contributed by atoms with E-state index in [9.17, 15) is 4.39 Å². The number of nitrogens with two attached hydrogens (primary N) is 1. The summed E-state index contributed by atoms with van der Waals surface area (Å²) >= 11 is 11.7. The van der Waals surface area contributed by atoms with Crippen LogP contribution in [-0.2, 0) is 0 Å². The van der Waals surface area contributed by atoms with E-state index in [4.69, 9.17) is 33.7 Å². The van der Waals surface area contributed by atoms with E-state index in [1.807, 2.05) is 6.92 Å². The number of anilines is 3. The van der Waals surface area contributed by atoms with Gasteiger partial charge in [0.15, 0.2) is 0 Å². The van der Waals surface area contributed by atoms with Crippen molar-refractivity contribution in [3.63, 3.8) is 0 Å². The molecular weight excluding hydrogens is 302 g/mol. The average Bonchev–Trinajstić information content (AvgIpc) is 2.39. The minimum absolute atomic E-state index is 0.0210. The highest BCUT2D eigenvalue weighted by molar-refractivity contribution is 6.31. The number of halogens is 3. The number of nitrogen functional groups attached to an aromatic ring is 1. The summed E-state index contributed by atoms with van der Waals surface area (Å²) < 4.78 is 18.7. The van der Waals surface area contributed by atoms with Crippen LogP contribution >= 0.6 is 23.2 Å². The molecule has 3 nitrogen and oxygen atoms in total. The first-order chi connectivity index (χ1) is 9.42. The highest BCUT2D eigenvalue weighted by Gasteiger charge is 2.11. The van der Waals surface area contributed by atoms with Crippen LogP contribution in [0.2, 0.25) is 10.0 Å². The zero-order chi connectivity index (χ0) is 14.9. The Morgan fingerprint density at radius 3 is 2.45 bits per heavy atom. The van der Waals surface area contributed by atoms with Crippen molar-refractivity contribution in [3.05, 3.63) is 45.7 Å². The summed E-state index contributed by atoms with van der Waals surface area (Å²) in [7, 11) is 1.53. The van der Waals surface area contributed by atoms with Crippen LogP contribution in [0.15, 0.2) is 24.3 Å². The van der Waals surface area contributed by atoms with Gasteiger partial charge in [0.1, 0.15) is 11.6 Å². The van der Waals surface area contributed by atoms with Gasteiger partial charge in [-0.1, -0.05) is 23.2 Å². The van der Waals surface area contributed by atoms with Crippen molar-refractivity contribution in [1.29, 1.82) is 0 Å². The molecule has 106 valence electrons. The maximum Gasteiger partial charge on any atom is 0.144 e. The lowest BCUT2D eigenvalue weighted by molar-refractivity contribution is 0.417. The molecule has 3 N–H and O–H groups in total. The molecule has 0 amide bonds. The van der Waals surface area contributed by atoms with Crippen LogP contribution in [0.3, 0.4) is 0 Å². The molecule has 2 rings (SSSR count). The molecule has 0 heterocycles. The fraction of sp³-hybridized carbons (Fsp3) is 0.143. The van der Waals surface area contributed by atoms with Gasteiger partial charge in [-0.3, -0.25) is 0 Å². The van der Waals surface area contributed by atoms with E-state index < -0.39 is 5.82 Å². The number of benzene rings is 2. The number of nitrogens with one attached hydrogen (secondary N) is 1. The molecule has 0 aliphatic rings. The lowest BCUT2D eigenvalue weighted by Crippen LogP contribution is -2.00. The number of hydrogen-bond acceptors (Lipinski definition) is 3. The first kappa shape index (κ1) is 14.8. The van der Waals surface area contributed by atoms with E-state index in [2.05, 4.69) is 5.32 Å². The zero-order valence-corrected chi connectivity index (χ0v) is 12.4. The van der Waals surface area contributed by atoms with Crippen molar-refractivity contribution >= 4 is 40.3 Å². The molecule has 0 aliphatic heterocycles. The molecule has 0 aromatic heterocycles. The van der Waals surface area contributed by atoms with Crippen LogP contribution in [0.1, 0.15) is 5.56 Å². The highest BCUT2D eigenvalue weighted by atomic mass is 35.5. The van der Waals surface area contributed by atoms with Gasteiger partial charge >= 0.3 is 0 Å². The van der Waals surface area contributed by atoms with Gasteiger partial charge < -0.3 is 15.8 Å². The van der Waals surface area contributed by atoms with E-state index in [1.54, 1.807) is 12.1 Å². The van der Waals surface area contributed by atoms with Crippen molar-refractivity contribution in [2.45, 2.75) is 6.92 Å². The van der Waals surface area contributed by atoms with E-state index in [0.29, 0.717) is 27.8 Å². The van der Waals surface area contributed by atoms with Crippen LogP contribution in [-0.4, -0.2) is 7.11 Å². The van der Waals surface area contributed by atoms with Crippen LogP contribution in [0.5, 0.6) is 5.75 Å². The highest BCUT2D eigenvalue weighted by Crippen LogP contribution is 2.35. The fourth-order valence-corrected chi connectivity index (χ4v) is 2.07. The Balaban J connectivity index is 2.44. The van der Waals surface area contributed by atoms with Crippen LogP contribution in [0, 0.1) is 12.7 Å². The van der Waals surface area contributed by atoms with E-state index in [1.165, 1.54) is 19.2 Å². The van der Waals surface area contributed by atoms with Gasteiger partial charge in [0.2, 0.25) is 0 Å². The van der Waals surface area contributed by atoms with Crippen molar-refractivity contribution in [2.24, 2.45) is 0 Å². The second-order valence-corrected chi connectivity index (χ2v) is 5.09. The summed E-state index contributed by atoms with van der Waals surface area (Å²) in [6.45, 7) is 1.86. The van der Waals surface area contributed by atoms with Gasteiger partial charge in [-0.25, -0.2) is 4.39 Å². The summed E-state index contributed by atoms with van der Waals surface area (Å²) in [5.41, 5.74) is 8.07. The monoisotopic (exact) mass is 314 g/mol. The minimum atomic E-state index is -0.548. The normalized spacial score (nSPS) is 10.4. The number of hydrogen-bond donors (Lipinski definition) is 2. The Hall–Kier alpha value is -1.65. The molecule has 0 radical (unpaired) electrons. The molecule has 2 aromatic rings. The quantitative estimate of drug-likeness (QED) is 0.802. The first-order valence-corrected chi connectivity index (χ1v) is 6.53. The SMILES string of the molecule is COc1cc(Cl)c(C)cc1Nc1cc(F)c(Cl)cc1N. The standard InChI is InChI=1S/C14H13Cl2FN2O/c1-7-3-13(14(20-2)5-8(7)15)19-12-6-10(17)9(16)4-11(12)18/h3-6,19H,18H2,1-2H3. The van der Waals surface area contributed by atoms with Gasteiger partial charge in [0.05, 0.1) is 29.2 Å². The van der Waals surface area contributed by atoms with Crippen molar-refractivity contribution in [3.8, 4) is 5.75 Å². The maximum atomic E-state index is 13.5. The van der Waals surface area contributed by atoms with Crippen LogP contribution < -0.4 is 15.8 Å². The second kappa shape index (κ2) is 5.77. The smallest absolute Gasteiger partial charge is 0.144 e. The molecule has 0 unspecified atom stereocenters. The Kier molecular flexibility index (Phi) is 4.26. The molecular formula is C14H13Cl2FN2O. The van der Waals surface area contributed by atoms with E-state index in [0.717, 1.165) is 5.56 Å². The molecule has 0 saturated carbocycles. The lowest BCUT2D eigenvalue weighted by Gasteiger charge is -2.15. The minimum Gasteiger partial charge on any atom is -0.495 e. The van der Waals surface area contributed by atoms with Crippen molar-refractivity contribution in [1.82, 2.24) is 0 Å². The molecule has 6 heteroatoms. The van der Waals surface area contributed by atoms with Gasteiger partial charge in [-0.2, -0.15) is 0 Å². The Morgan fingerprint density at radius 1 is 1.10 bits per heavy atom. The van der Waals surface area contributed by atoms with Crippen LogP contribution in [0.4, 0.5) is 21.5 Å². The average molecular weight is 315 g/mol. The third kappa shape index (κ3) is 2.92. The maximum absolute atomic E-state index is 13.5. The Bertz CT molecular complexity index is 662. The van der Waals surface area contributed by atoms with E-state index in [-0.39, 0.29) is 5.02 Å². The number of methoxy groups -OCH3 is 1. The van der Waals surface area contributed by atoms with Gasteiger partial charge in [-0.15, -0.1) is 0 Å². The summed E-state index contributed by atoms with van der Waals surface area (Å²) in [5.74, 6) is -0.0108. The second-order valence-electron chi connectivity index (χ2n) is 4.28. The molecule has 2 aromatic carbocycles. The predicted molar refractivity (Wildman–Crippen MR) is 81.8 cm³/mol.